The summed E-state index contributed by atoms with van der Waals surface area (Å²) < 4.78 is 2.40. The van der Waals surface area contributed by atoms with E-state index in [0.717, 1.165) is 6.54 Å². The average Bonchev–Trinajstić information content (AvgIpc) is 2.77. The fourth-order valence-corrected chi connectivity index (χ4v) is 2.66. The van der Waals surface area contributed by atoms with Crippen molar-refractivity contribution in [3.8, 4) is 0 Å². The molecule has 1 aliphatic rings. The van der Waals surface area contributed by atoms with Gasteiger partial charge in [-0.3, -0.25) is 0 Å². The molecule has 0 bridgehead atoms. The highest BCUT2D eigenvalue weighted by molar-refractivity contribution is 5.16. The van der Waals surface area contributed by atoms with E-state index in [1.165, 1.54) is 69.3 Å². The highest BCUT2D eigenvalue weighted by atomic mass is 15.1. The Hall–Kier alpha value is -0.830. The molecule has 17 heavy (non-hydrogen) atoms. The smallest absolute Gasteiger partial charge is 0.0951 e. The van der Waals surface area contributed by atoms with Crippen molar-refractivity contribution in [1.82, 2.24) is 14.9 Å². The van der Waals surface area contributed by atoms with Crippen molar-refractivity contribution in [3.63, 3.8) is 0 Å². The van der Waals surface area contributed by atoms with Crippen LogP contribution in [-0.2, 0) is 19.4 Å². The van der Waals surface area contributed by atoms with Gasteiger partial charge >= 0.3 is 0 Å². The molecule has 0 saturated heterocycles. The summed E-state index contributed by atoms with van der Waals surface area (Å²) in [6.45, 7) is 2.32. The van der Waals surface area contributed by atoms with Crippen molar-refractivity contribution in [3.05, 3.63) is 17.7 Å². The molecule has 1 aromatic heterocycles. The van der Waals surface area contributed by atoms with Crippen LogP contribution in [0.15, 0.2) is 6.33 Å². The van der Waals surface area contributed by atoms with Crippen molar-refractivity contribution in [2.24, 2.45) is 0 Å². The van der Waals surface area contributed by atoms with Gasteiger partial charge in [0.25, 0.3) is 0 Å². The minimum absolute atomic E-state index is 1.15. The van der Waals surface area contributed by atoms with Gasteiger partial charge < -0.3 is 9.88 Å². The standard InChI is InChI=1S/C14H25N3/c1-15-10-6-2-3-7-11-17-12-16-13-8-4-5-9-14(13)17/h12,15H,2-11H2,1H3. The summed E-state index contributed by atoms with van der Waals surface area (Å²) >= 11 is 0. The van der Waals surface area contributed by atoms with Gasteiger partial charge in [0.2, 0.25) is 0 Å². The van der Waals surface area contributed by atoms with E-state index < -0.39 is 0 Å². The van der Waals surface area contributed by atoms with Crippen molar-refractivity contribution >= 4 is 0 Å². The first-order valence-electron chi connectivity index (χ1n) is 7.09. The molecular weight excluding hydrogens is 210 g/mol. The van der Waals surface area contributed by atoms with Crippen LogP contribution in [0.5, 0.6) is 0 Å². The molecule has 2 rings (SSSR count). The van der Waals surface area contributed by atoms with E-state index in [2.05, 4.69) is 21.2 Å². The normalized spacial score (nSPS) is 14.9. The van der Waals surface area contributed by atoms with E-state index in [4.69, 9.17) is 0 Å². The summed E-state index contributed by atoms with van der Waals surface area (Å²) in [6, 6.07) is 0. The van der Waals surface area contributed by atoms with Crippen LogP contribution in [0.3, 0.4) is 0 Å². The number of rotatable bonds is 7. The second kappa shape index (κ2) is 6.80. The van der Waals surface area contributed by atoms with Gasteiger partial charge in [-0.1, -0.05) is 12.8 Å². The Morgan fingerprint density at radius 3 is 2.88 bits per heavy atom. The number of hydrogen-bond donors (Lipinski definition) is 1. The monoisotopic (exact) mass is 235 g/mol. The van der Waals surface area contributed by atoms with E-state index in [9.17, 15) is 0 Å². The van der Waals surface area contributed by atoms with Crippen LogP contribution >= 0.6 is 0 Å². The lowest BCUT2D eigenvalue weighted by Crippen LogP contribution is -2.09. The number of nitrogens with one attached hydrogen (secondary N) is 1. The Labute approximate surface area is 105 Å². The maximum atomic E-state index is 4.54. The Morgan fingerprint density at radius 1 is 1.18 bits per heavy atom. The second-order valence-corrected chi connectivity index (χ2v) is 5.06. The van der Waals surface area contributed by atoms with Gasteiger partial charge in [0, 0.05) is 12.2 Å². The van der Waals surface area contributed by atoms with Crippen molar-refractivity contribution < 1.29 is 0 Å². The number of fused-ring (bicyclic) bond motifs is 1. The Morgan fingerprint density at radius 2 is 2.00 bits per heavy atom. The zero-order valence-electron chi connectivity index (χ0n) is 11.0. The summed E-state index contributed by atoms with van der Waals surface area (Å²) in [4.78, 5) is 4.54. The van der Waals surface area contributed by atoms with Crippen LogP contribution in [0.25, 0.3) is 0 Å². The molecule has 0 amide bonds. The van der Waals surface area contributed by atoms with Crippen LogP contribution in [0.4, 0.5) is 0 Å². The Bertz CT molecular complexity index is 330. The molecule has 0 radical (unpaired) electrons. The molecule has 3 nitrogen and oxygen atoms in total. The lowest BCUT2D eigenvalue weighted by Gasteiger charge is -2.13. The fraction of sp³-hybridized carbons (Fsp3) is 0.786. The van der Waals surface area contributed by atoms with Gasteiger partial charge in [-0.25, -0.2) is 4.98 Å². The van der Waals surface area contributed by atoms with Gasteiger partial charge in [-0.15, -0.1) is 0 Å². The maximum absolute atomic E-state index is 4.54. The summed E-state index contributed by atoms with van der Waals surface area (Å²) in [6.07, 6.45) is 12.5. The van der Waals surface area contributed by atoms with Crippen LogP contribution in [0, 0.1) is 0 Å². The zero-order valence-corrected chi connectivity index (χ0v) is 11.0. The third-order valence-corrected chi connectivity index (χ3v) is 3.69. The van der Waals surface area contributed by atoms with E-state index in [0.29, 0.717) is 0 Å². The minimum atomic E-state index is 1.15. The molecule has 1 N–H and O–H groups in total. The first-order valence-corrected chi connectivity index (χ1v) is 7.09. The molecule has 1 heterocycles. The molecule has 0 fully saturated rings. The molecule has 0 spiro atoms. The minimum Gasteiger partial charge on any atom is -0.334 e. The van der Waals surface area contributed by atoms with Gasteiger partial charge in [0.1, 0.15) is 0 Å². The molecular formula is C14H25N3. The summed E-state index contributed by atoms with van der Waals surface area (Å²) in [7, 11) is 2.03. The lowest BCUT2D eigenvalue weighted by atomic mass is 10.0. The Balaban J connectivity index is 1.70. The van der Waals surface area contributed by atoms with Crippen molar-refractivity contribution in [2.45, 2.75) is 57.9 Å². The van der Waals surface area contributed by atoms with Gasteiger partial charge in [0.15, 0.2) is 0 Å². The summed E-state index contributed by atoms with van der Waals surface area (Å²) in [5.41, 5.74) is 2.89. The van der Waals surface area contributed by atoms with E-state index >= 15 is 0 Å². The van der Waals surface area contributed by atoms with Crippen LogP contribution in [0.1, 0.15) is 49.9 Å². The number of aromatic nitrogens is 2. The predicted octanol–water partition coefficient (Wildman–Crippen LogP) is 2.54. The van der Waals surface area contributed by atoms with Gasteiger partial charge in [-0.05, 0) is 52.1 Å². The maximum Gasteiger partial charge on any atom is 0.0951 e. The van der Waals surface area contributed by atoms with Crippen LogP contribution in [-0.4, -0.2) is 23.1 Å². The predicted molar refractivity (Wildman–Crippen MR) is 71.3 cm³/mol. The van der Waals surface area contributed by atoms with E-state index in [1.807, 2.05) is 7.05 Å². The van der Waals surface area contributed by atoms with Crippen molar-refractivity contribution in [1.29, 1.82) is 0 Å². The lowest BCUT2D eigenvalue weighted by molar-refractivity contribution is 0.541. The summed E-state index contributed by atoms with van der Waals surface area (Å²) in [5, 5.41) is 3.20. The first-order chi connectivity index (χ1) is 8.42. The van der Waals surface area contributed by atoms with Gasteiger partial charge in [0.05, 0.1) is 12.0 Å². The third-order valence-electron chi connectivity index (χ3n) is 3.69. The molecule has 1 aliphatic carbocycles. The highest BCUT2D eigenvalue weighted by Crippen LogP contribution is 2.20. The topological polar surface area (TPSA) is 29.9 Å². The van der Waals surface area contributed by atoms with Crippen molar-refractivity contribution in [2.75, 3.05) is 13.6 Å². The van der Waals surface area contributed by atoms with E-state index in [1.54, 1.807) is 0 Å². The zero-order chi connectivity index (χ0) is 11.9. The second-order valence-electron chi connectivity index (χ2n) is 5.06. The third kappa shape index (κ3) is 3.56. The molecule has 0 saturated carbocycles. The molecule has 3 heteroatoms. The van der Waals surface area contributed by atoms with Crippen LogP contribution < -0.4 is 5.32 Å². The number of nitrogens with zero attached hydrogens (tertiary/aromatic N) is 2. The summed E-state index contributed by atoms with van der Waals surface area (Å²) in [5.74, 6) is 0. The van der Waals surface area contributed by atoms with E-state index in [-0.39, 0.29) is 0 Å². The van der Waals surface area contributed by atoms with Crippen LogP contribution in [0.2, 0.25) is 0 Å². The first kappa shape index (κ1) is 12.6. The fourth-order valence-electron chi connectivity index (χ4n) is 2.66. The number of hydrogen-bond acceptors (Lipinski definition) is 2. The SMILES string of the molecule is CNCCCCCCn1cnc2c1CCCC2. The number of imidazole rings is 1. The largest absolute Gasteiger partial charge is 0.334 e. The molecule has 1 aromatic rings. The average molecular weight is 235 g/mol. The number of aryl methyl sites for hydroxylation is 2. The van der Waals surface area contributed by atoms with Gasteiger partial charge in [-0.2, -0.15) is 0 Å². The highest BCUT2D eigenvalue weighted by Gasteiger charge is 2.14. The molecule has 0 unspecified atom stereocenters. The molecule has 0 atom stereocenters. The quantitative estimate of drug-likeness (QED) is 0.736. The Kier molecular flexibility index (Phi) is 5.05. The number of unbranched alkanes of at least 4 members (excludes halogenated alkanes) is 3. The molecule has 0 aliphatic heterocycles. The molecule has 0 aromatic carbocycles. The molecule has 96 valence electrons.